The fourth-order valence-corrected chi connectivity index (χ4v) is 8.24. The molecule has 2 fully saturated rings. The minimum Gasteiger partial charge on any atom is -0.462 e. The Labute approximate surface area is 197 Å². The molecule has 6 rings (SSSR count). The molecule has 0 unspecified atom stereocenters. The van der Waals surface area contributed by atoms with Gasteiger partial charge in [0.2, 0.25) is 0 Å². The number of carbonyl (C=O) groups is 1. The van der Waals surface area contributed by atoms with E-state index in [1.165, 1.54) is 49.3 Å². The summed E-state index contributed by atoms with van der Waals surface area (Å²) in [5, 5.41) is 0. The normalized spacial score (nSPS) is 37.4. The monoisotopic (exact) mass is 441 g/mol. The number of hydrogen-bond donors (Lipinski definition) is 0. The Hall–Kier alpha value is -2.42. The molecule has 6 aliphatic rings. The molecule has 0 aromatic carbocycles. The van der Waals surface area contributed by atoms with Crippen molar-refractivity contribution in [2.75, 3.05) is 0 Å². The quantitative estimate of drug-likeness (QED) is 0.369. The van der Waals surface area contributed by atoms with Gasteiger partial charge in [0.1, 0.15) is 6.10 Å². The lowest BCUT2D eigenvalue weighted by molar-refractivity contribution is -0.148. The summed E-state index contributed by atoms with van der Waals surface area (Å²) in [4.78, 5) is 16.3. The lowest BCUT2D eigenvalue weighted by Gasteiger charge is -2.57. The summed E-state index contributed by atoms with van der Waals surface area (Å²) in [6.07, 6.45) is 15.3. The van der Waals surface area contributed by atoms with Gasteiger partial charge in [-0.1, -0.05) is 55.8 Å². The van der Waals surface area contributed by atoms with E-state index in [0.29, 0.717) is 5.92 Å². The van der Waals surface area contributed by atoms with Gasteiger partial charge < -0.3 is 4.74 Å². The Morgan fingerprint density at radius 3 is 2.64 bits per heavy atom. The number of fused-ring (bicyclic) bond motifs is 6. The highest BCUT2D eigenvalue weighted by Crippen LogP contribution is 2.66. The van der Waals surface area contributed by atoms with Crippen LogP contribution in [-0.2, 0) is 9.53 Å². The third kappa shape index (κ3) is 3.15. The van der Waals surface area contributed by atoms with Crippen LogP contribution in [0, 0.1) is 28.6 Å². The first-order chi connectivity index (χ1) is 15.9. The fourth-order valence-electron chi connectivity index (χ4n) is 8.24. The Morgan fingerprint density at radius 1 is 0.970 bits per heavy atom. The van der Waals surface area contributed by atoms with Crippen LogP contribution in [-0.4, -0.2) is 17.1 Å². The largest absolute Gasteiger partial charge is 0.462 e. The van der Waals surface area contributed by atoms with Gasteiger partial charge in [-0.2, -0.15) is 0 Å². The van der Waals surface area contributed by atoms with Gasteiger partial charge in [0.25, 0.3) is 0 Å². The van der Waals surface area contributed by atoms with Crippen LogP contribution in [0.5, 0.6) is 0 Å². The summed E-state index contributed by atoms with van der Waals surface area (Å²) in [5.74, 6) is 2.05. The lowest BCUT2D eigenvalue weighted by Crippen LogP contribution is -2.50. The van der Waals surface area contributed by atoms with Crippen molar-refractivity contribution >= 4 is 11.5 Å². The Kier molecular flexibility index (Phi) is 4.83. The average molecular weight is 442 g/mol. The SMILES string of the molecule is CC(=O)O[C@H]1CC[C@@]2(C)C(=CC[C@@H]3[C@@H]2CC[C@]2(C)C(c4cnc5cccccc4-5)=CC[C@@H]32)C1. The molecule has 5 aliphatic carbocycles. The number of carbonyl (C=O) groups excluding carboxylic acids is 1. The van der Waals surface area contributed by atoms with E-state index in [1.807, 2.05) is 0 Å². The van der Waals surface area contributed by atoms with Gasteiger partial charge in [0, 0.05) is 30.7 Å². The van der Waals surface area contributed by atoms with Gasteiger partial charge in [-0.3, -0.25) is 9.78 Å². The van der Waals surface area contributed by atoms with Crippen molar-refractivity contribution < 1.29 is 9.53 Å². The first kappa shape index (κ1) is 21.1. The number of ether oxygens (including phenoxy) is 1. The summed E-state index contributed by atoms with van der Waals surface area (Å²) in [5.41, 5.74) is 7.34. The zero-order valence-corrected chi connectivity index (χ0v) is 20.1. The minimum atomic E-state index is -0.140. The van der Waals surface area contributed by atoms with Gasteiger partial charge in [0.15, 0.2) is 0 Å². The topological polar surface area (TPSA) is 39.2 Å². The molecule has 2 saturated carbocycles. The molecule has 3 nitrogen and oxygen atoms in total. The standard InChI is InChI=1S/C30H35NO2/c1-19(32)33-21-13-15-29(2)20(17-21)9-10-23-25-11-12-26(30(25,3)16-14-27(23)29)24-18-31-28-8-6-4-5-7-22(24)28/h4-9,12,18,21,23,25,27H,10-11,13-17H2,1-3H3/t21-,23-,25-,27-,29-,30-/m0/s1. The van der Waals surface area contributed by atoms with Crippen molar-refractivity contribution in [3.8, 4) is 11.3 Å². The molecule has 6 atom stereocenters. The van der Waals surface area contributed by atoms with Gasteiger partial charge in [-0.15, -0.1) is 0 Å². The van der Waals surface area contributed by atoms with E-state index >= 15 is 0 Å². The molecule has 0 N–H and O–H groups in total. The highest BCUT2D eigenvalue weighted by Gasteiger charge is 2.57. The smallest absolute Gasteiger partial charge is 0.302 e. The third-order valence-corrected chi connectivity index (χ3v) is 9.90. The van der Waals surface area contributed by atoms with Crippen LogP contribution >= 0.6 is 0 Å². The summed E-state index contributed by atoms with van der Waals surface area (Å²) in [7, 11) is 0. The average Bonchev–Trinajstić information content (AvgIpc) is 3.24. The Morgan fingerprint density at radius 2 is 1.79 bits per heavy atom. The maximum absolute atomic E-state index is 11.5. The highest BCUT2D eigenvalue weighted by molar-refractivity contribution is 5.84. The predicted molar refractivity (Wildman–Crippen MR) is 131 cm³/mol. The van der Waals surface area contributed by atoms with Gasteiger partial charge >= 0.3 is 5.97 Å². The summed E-state index contributed by atoms with van der Waals surface area (Å²) in [6, 6.07) is 10.7. The zero-order chi connectivity index (χ0) is 22.8. The molecule has 1 heterocycles. The summed E-state index contributed by atoms with van der Waals surface area (Å²) >= 11 is 0. The number of aromatic nitrogens is 1. The van der Waals surface area contributed by atoms with E-state index in [4.69, 9.17) is 9.72 Å². The molecule has 0 bridgehead atoms. The van der Waals surface area contributed by atoms with E-state index in [9.17, 15) is 4.79 Å². The minimum absolute atomic E-state index is 0.0754. The molecule has 0 spiro atoms. The number of rotatable bonds is 2. The number of allylic oxidation sites excluding steroid dienone is 3. The van der Waals surface area contributed by atoms with Crippen molar-refractivity contribution in [2.24, 2.45) is 28.6 Å². The van der Waals surface area contributed by atoms with Crippen molar-refractivity contribution in [3.05, 3.63) is 59.8 Å². The van der Waals surface area contributed by atoms with Gasteiger partial charge in [0.05, 0.1) is 5.69 Å². The molecule has 0 aromatic heterocycles. The van der Waals surface area contributed by atoms with Crippen molar-refractivity contribution in [1.82, 2.24) is 4.98 Å². The van der Waals surface area contributed by atoms with E-state index in [1.54, 1.807) is 5.57 Å². The molecule has 0 radical (unpaired) electrons. The first-order valence-corrected chi connectivity index (χ1v) is 12.8. The van der Waals surface area contributed by atoms with E-state index in [2.05, 4.69) is 62.5 Å². The van der Waals surface area contributed by atoms with Gasteiger partial charge in [-0.25, -0.2) is 0 Å². The fraction of sp³-hybridized carbons (Fsp3) is 0.533. The number of hydrogen-bond acceptors (Lipinski definition) is 3. The summed E-state index contributed by atoms with van der Waals surface area (Å²) < 4.78 is 5.61. The van der Waals surface area contributed by atoms with Crippen LogP contribution in [0.4, 0.5) is 0 Å². The van der Waals surface area contributed by atoms with Crippen molar-refractivity contribution in [1.29, 1.82) is 0 Å². The van der Waals surface area contributed by atoms with E-state index in [-0.39, 0.29) is 22.9 Å². The second kappa shape index (κ2) is 7.55. The predicted octanol–water partition coefficient (Wildman–Crippen LogP) is 7.07. The van der Waals surface area contributed by atoms with Crippen LogP contribution in [0.25, 0.3) is 16.8 Å². The Balaban J connectivity index is 1.29. The van der Waals surface area contributed by atoms with Crippen LogP contribution in [0.1, 0.15) is 71.3 Å². The molecular formula is C30H35NO2. The number of esters is 1. The molecule has 1 aliphatic heterocycles. The second-order valence-corrected chi connectivity index (χ2v) is 11.4. The van der Waals surface area contributed by atoms with E-state index in [0.717, 1.165) is 36.8 Å². The second-order valence-electron chi connectivity index (χ2n) is 11.4. The molecule has 3 heteroatoms. The van der Waals surface area contributed by atoms with Gasteiger partial charge in [-0.05, 0) is 78.7 Å². The zero-order valence-electron chi connectivity index (χ0n) is 20.1. The molecule has 0 aromatic rings. The first-order valence-electron chi connectivity index (χ1n) is 12.8. The van der Waals surface area contributed by atoms with Crippen LogP contribution < -0.4 is 0 Å². The van der Waals surface area contributed by atoms with Crippen LogP contribution in [0.2, 0.25) is 0 Å². The van der Waals surface area contributed by atoms with E-state index < -0.39 is 0 Å². The highest BCUT2D eigenvalue weighted by atomic mass is 16.5. The Bertz CT molecular complexity index is 1130. The molecule has 172 valence electrons. The number of nitrogens with zero attached hydrogens (tertiary/aromatic N) is 1. The summed E-state index contributed by atoms with van der Waals surface area (Å²) in [6.45, 7) is 6.59. The molecule has 33 heavy (non-hydrogen) atoms. The molecule has 0 saturated heterocycles. The maximum Gasteiger partial charge on any atom is 0.302 e. The van der Waals surface area contributed by atoms with Crippen LogP contribution in [0.15, 0.2) is 54.3 Å². The van der Waals surface area contributed by atoms with Crippen LogP contribution in [0.3, 0.4) is 0 Å². The lowest BCUT2D eigenvalue weighted by atomic mass is 9.47. The van der Waals surface area contributed by atoms with Crippen molar-refractivity contribution in [3.63, 3.8) is 0 Å². The van der Waals surface area contributed by atoms with Crippen molar-refractivity contribution in [2.45, 2.75) is 71.8 Å². The maximum atomic E-state index is 11.5. The molecular weight excluding hydrogens is 406 g/mol. The molecule has 0 amide bonds. The third-order valence-electron chi connectivity index (χ3n) is 9.90.